The van der Waals surface area contributed by atoms with Gasteiger partial charge in [0.2, 0.25) is 0 Å². The minimum atomic E-state index is 0.513. The number of hydrogen-bond acceptors (Lipinski definition) is 2. The van der Waals surface area contributed by atoms with E-state index in [1.165, 1.54) is 16.7 Å². The summed E-state index contributed by atoms with van der Waals surface area (Å²) in [5.41, 5.74) is 4.94. The van der Waals surface area contributed by atoms with Gasteiger partial charge in [0, 0.05) is 12.6 Å². The van der Waals surface area contributed by atoms with Crippen LogP contribution >= 0.6 is 0 Å². The average Bonchev–Trinajstić information content (AvgIpc) is 2.45. The first-order valence-electron chi connectivity index (χ1n) is 7.07. The molecule has 0 fully saturated rings. The van der Waals surface area contributed by atoms with Crippen molar-refractivity contribution in [3.8, 4) is 16.9 Å². The highest BCUT2D eigenvalue weighted by Gasteiger charge is 2.03. The lowest BCUT2D eigenvalue weighted by Crippen LogP contribution is -2.21. The molecule has 2 rings (SSSR count). The van der Waals surface area contributed by atoms with Crippen molar-refractivity contribution in [3.05, 3.63) is 53.6 Å². The average molecular weight is 269 g/mol. The van der Waals surface area contributed by atoms with Crippen molar-refractivity contribution in [2.75, 3.05) is 7.11 Å². The fraction of sp³-hybridized carbons (Fsp3) is 0.333. The highest BCUT2D eigenvalue weighted by Crippen LogP contribution is 2.26. The maximum absolute atomic E-state index is 5.30. The second-order valence-electron chi connectivity index (χ2n) is 5.42. The molecule has 0 bridgehead atoms. The summed E-state index contributed by atoms with van der Waals surface area (Å²) in [5, 5.41) is 3.43. The molecule has 0 atom stereocenters. The molecule has 2 nitrogen and oxygen atoms in total. The molecule has 0 saturated heterocycles. The topological polar surface area (TPSA) is 21.3 Å². The van der Waals surface area contributed by atoms with Gasteiger partial charge in [-0.05, 0) is 41.3 Å². The van der Waals surface area contributed by atoms with Gasteiger partial charge in [-0.1, -0.05) is 44.2 Å². The molecule has 0 radical (unpaired) electrons. The van der Waals surface area contributed by atoms with Crippen LogP contribution < -0.4 is 10.1 Å². The zero-order valence-electron chi connectivity index (χ0n) is 12.7. The predicted molar refractivity (Wildman–Crippen MR) is 85.1 cm³/mol. The molecule has 0 saturated carbocycles. The molecule has 0 heterocycles. The maximum atomic E-state index is 5.30. The second kappa shape index (κ2) is 6.58. The van der Waals surface area contributed by atoms with Crippen LogP contribution in [0.15, 0.2) is 42.5 Å². The lowest BCUT2D eigenvalue weighted by atomic mass is 10.0. The van der Waals surface area contributed by atoms with E-state index in [4.69, 9.17) is 4.74 Å². The van der Waals surface area contributed by atoms with E-state index in [1.807, 2.05) is 6.07 Å². The van der Waals surface area contributed by atoms with Gasteiger partial charge in [-0.15, -0.1) is 0 Å². The van der Waals surface area contributed by atoms with Crippen LogP contribution in [0.1, 0.15) is 25.0 Å². The van der Waals surface area contributed by atoms with E-state index in [2.05, 4.69) is 62.5 Å². The molecule has 2 heteroatoms. The Morgan fingerprint density at radius 1 is 1.00 bits per heavy atom. The number of benzene rings is 2. The van der Waals surface area contributed by atoms with Gasteiger partial charge < -0.3 is 10.1 Å². The van der Waals surface area contributed by atoms with Crippen molar-refractivity contribution >= 4 is 0 Å². The van der Waals surface area contributed by atoms with Crippen LogP contribution in [0.3, 0.4) is 0 Å². The van der Waals surface area contributed by atoms with Crippen LogP contribution in [-0.2, 0) is 6.54 Å². The summed E-state index contributed by atoms with van der Waals surface area (Å²) in [6.07, 6.45) is 0. The van der Waals surface area contributed by atoms with Gasteiger partial charge in [-0.25, -0.2) is 0 Å². The smallest absolute Gasteiger partial charge is 0.121 e. The van der Waals surface area contributed by atoms with Crippen molar-refractivity contribution in [3.63, 3.8) is 0 Å². The third-order valence-corrected chi connectivity index (χ3v) is 3.40. The highest BCUT2D eigenvalue weighted by molar-refractivity contribution is 5.65. The Balaban J connectivity index is 2.15. The molecule has 2 aromatic carbocycles. The van der Waals surface area contributed by atoms with Gasteiger partial charge in [0.15, 0.2) is 0 Å². The van der Waals surface area contributed by atoms with Gasteiger partial charge >= 0.3 is 0 Å². The van der Waals surface area contributed by atoms with Gasteiger partial charge in [0.05, 0.1) is 7.11 Å². The fourth-order valence-electron chi connectivity index (χ4n) is 2.20. The van der Waals surface area contributed by atoms with Gasteiger partial charge in [0.25, 0.3) is 0 Å². The molecule has 0 aliphatic heterocycles. The van der Waals surface area contributed by atoms with Crippen molar-refractivity contribution < 1.29 is 4.74 Å². The van der Waals surface area contributed by atoms with E-state index >= 15 is 0 Å². The molecule has 20 heavy (non-hydrogen) atoms. The van der Waals surface area contributed by atoms with Crippen LogP contribution in [0, 0.1) is 6.92 Å². The number of aryl methyl sites for hydroxylation is 1. The Morgan fingerprint density at radius 3 is 2.20 bits per heavy atom. The molecule has 1 N–H and O–H groups in total. The summed E-state index contributed by atoms with van der Waals surface area (Å²) >= 11 is 0. The minimum absolute atomic E-state index is 0.513. The molecule has 0 aromatic heterocycles. The first kappa shape index (κ1) is 14.6. The van der Waals surface area contributed by atoms with Crippen LogP contribution in [0.25, 0.3) is 11.1 Å². The molecule has 2 aromatic rings. The minimum Gasteiger partial charge on any atom is -0.496 e. The highest BCUT2D eigenvalue weighted by atomic mass is 16.5. The van der Waals surface area contributed by atoms with Crippen molar-refractivity contribution in [1.82, 2.24) is 5.32 Å². The quantitative estimate of drug-likeness (QED) is 0.879. The van der Waals surface area contributed by atoms with E-state index in [-0.39, 0.29) is 0 Å². The van der Waals surface area contributed by atoms with Crippen molar-refractivity contribution in [2.45, 2.75) is 33.4 Å². The SMILES string of the molecule is COc1ccc(-c2ccc(CNC(C)C)cc2)cc1C. The van der Waals surface area contributed by atoms with Crippen LogP contribution in [0.2, 0.25) is 0 Å². The molecule has 0 aliphatic carbocycles. The Hall–Kier alpha value is -1.80. The van der Waals surface area contributed by atoms with E-state index in [0.29, 0.717) is 6.04 Å². The van der Waals surface area contributed by atoms with E-state index in [9.17, 15) is 0 Å². The van der Waals surface area contributed by atoms with E-state index in [0.717, 1.165) is 17.9 Å². The normalized spacial score (nSPS) is 10.8. The molecule has 0 spiro atoms. The third-order valence-electron chi connectivity index (χ3n) is 3.40. The van der Waals surface area contributed by atoms with Gasteiger partial charge in [-0.3, -0.25) is 0 Å². The van der Waals surface area contributed by atoms with Crippen molar-refractivity contribution in [2.24, 2.45) is 0 Å². The molecule has 106 valence electrons. The monoisotopic (exact) mass is 269 g/mol. The summed E-state index contributed by atoms with van der Waals surface area (Å²) in [6, 6.07) is 15.5. The number of ether oxygens (including phenoxy) is 1. The summed E-state index contributed by atoms with van der Waals surface area (Å²) in [7, 11) is 1.71. The third kappa shape index (κ3) is 3.61. The summed E-state index contributed by atoms with van der Waals surface area (Å²) in [5.74, 6) is 0.937. The Kier molecular flexibility index (Phi) is 4.80. The molecule has 0 aliphatic rings. The Labute approximate surface area is 121 Å². The number of methoxy groups -OCH3 is 1. The predicted octanol–water partition coefficient (Wildman–Crippen LogP) is 4.17. The van der Waals surface area contributed by atoms with Crippen LogP contribution in [0.4, 0.5) is 0 Å². The van der Waals surface area contributed by atoms with Crippen LogP contribution in [0.5, 0.6) is 5.75 Å². The number of rotatable bonds is 5. The molecule has 0 unspecified atom stereocenters. The molecule has 0 amide bonds. The standard InChI is InChI=1S/C18H23NO/c1-13(2)19-12-15-5-7-16(8-6-15)17-9-10-18(20-4)14(3)11-17/h5-11,13,19H,12H2,1-4H3. The summed E-state index contributed by atoms with van der Waals surface area (Å²) in [6.45, 7) is 7.31. The lowest BCUT2D eigenvalue weighted by Gasteiger charge is -2.10. The van der Waals surface area contributed by atoms with Gasteiger partial charge in [0.1, 0.15) is 5.75 Å². The summed E-state index contributed by atoms with van der Waals surface area (Å²) in [4.78, 5) is 0. The number of hydrogen-bond donors (Lipinski definition) is 1. The van der Waals surface area contributed by atoms with Gasteiger partial charge in [-0.2, -0.15) is 0 Å². The van der Waals surface area contributed by atoms with E-state index in [1.54, 1.807) is 7.11 Å². The zero-order valence-corrected chi connectivity index (χ0v) is 12.7. The molecular weight excluding hydrogens is 246 g/mol. The Bertz CT molecular complexity index is 558. The first-order chi connectivity index (χ1) is 9.60. The number of nitrogens with one attached hydrogen (secondary N) is 1. The first-order valence-corrected chi connectivity index (χ1v) is 7.07. The largest absolute Gasteiger partial charge is 0.496 e. The second-order valence-corrected chi connectivity index (χ2v) is 5.42. The van der Waals surface area contributed by atoms with Crippen molar-refractivity contribution in [1.29, 1.82) is 0 Å². The Morgan fingerprint density at radius 2 is 1.65 bits per heavy atom. The van der Waals surface area contributed by atoms with Crippen LogP contribution in [-0.4, -0.2) is 13.2 Å². The summed E-state index contributed by atoms with van der Waals surface area (Å²) < 4.78 is 5.30. The van der Waals surface area contributed by atoms with E-state index < -0.39 is 0 Å². The maximum Gasteiger partial charge on any atom is 0.121 e. The molecular formula is C18H23NO. The lowest BCUT2D eigenvalue weighted by molar-refractivity contribution is 0.412. The zero-order chi connectivity index (χ0) is 14.5. The fourth-order valence-corrected chi connectivity index (χ4v) is 2.20.